The quantitative estimate of drug-likeness (QED) is 0.363. The van der Waals surface area contributed by atoms with E-state index in [1.165, 1.54) is 24.4 Å². The van der Waals surface area contributed by atoms with E-state index >= 15 is 0 Å². The summed E-state index contributed by atoms with van der Waals surface area (Å²) in [6.07, 6.45) is 1.49. The average Bonchev–Trinajstić information content (AvgIpc) is 2.47. The maximum atomic E-state index is 12.1. The number of nitrogens with zero attached hydrogens (tertiary/aromatic N) is 2. The lowest BCUT2D eigenvalue weighted by Crippen LogP contribution is -2.11. The molecule has 7 nitrogen and oxygen atoms in total. The molecule has 1 heterocycles. The molecular weight excluding hydrogens is 312 g/mol. The molecule has 0 fully saturated rings. The Labute approximate surface area is 130 Å². The average molecular weight is 323 g/mol. The summed E-state index contributed by atoms with van der Waals surface area (Å²) in [6, 6.07) is 6.74. The molecule has 0 atom stereocenters. The Bertz CT molecular complexity index is 720. The van der Waals surface area contributed by atoms with Gasteiger partial charge >= 0.3 is 5.97 Å². The van der Waals surface area contributed by atoms with E-state index in [0.717, 1.165) is 6.07 Å². The van der Waals surface area contributed by atoms with Crippen LogP contribution in [0.15, 0.2) is 36.5 Å². The van der Waals surface area contributed by atoms with E-state index in [1.54, 1.807) is 13.0 Å². The molecule has 22 heavy (non-hydrogen) atoms. The van der Waals surface area contributed by atoms with Crippen LogP contribution < -0.4 is 9.47 Å². The second-order valence-corrected chi connectivity index (χ2v) is 4.46. The molecule has 0 spiro atoms. The molecule has 0 saturated heterocycles. The van der Waals surface area contributed by atoms with Crippen molar-refractivity contribution < 1.29 is 19.2 Å². The van der Waals surface area contributed by atoms with Gasteiger partial charge in [0.1, 0.15) is 16.3 Å². The van der Waals surface area contributed by atoms with E-state index in [-0.39, 0.29) is 27.9 Å². The molecule has 114 valence electrons. The summed E-state index contributed by atoms with van der Waals surface area (Å²) >= 11 is 5.76. The van der Waals surface area contributed by atoms with Gasteiger partial charge in [0.2, 0.25) is 5.88 Å². The molecule has 2 rings (SSSR count). The highest BCUT2D eigenvalue weighted by Crippen LogP contribution is 2.29. The number of ether oxygens (including phenoxy) is 2. The Morgan fingerprint density at radius 1 is 1.41 bits per heavy atom. The van der Waals surface area contributed by atoms with E-state index in [9.17, 15) is 14.9 Å². The van der Waals surface area contributed by atoms with Gasteiger partial charge in [-0.2, -0.15) is 0 Å². The van der Waals surface area contributed by atoms with Gasteiger partial charge in [-0.25, -0.2) is 9.78 Å². The maximum absolute atomic E-state index is 12.1. The number of hydrogen-bond donors (Lipinski definition) is 0. The van der Waals surface area contributed by atoms with Crippen LogP contribution in [-0.2, 0) is 0 Å². The maximum Gasteiger partial charge on any atom is 0.349 e. The third-order valence-corrected chi connectivity index (χ3v) is 2.90. The number of halogens is 1. The van der Waals surface area contributed by atoms with Gasteiger partial charge in [0, 0.05) is 18.3 Å². The van der Waals surface area contributed by atoms with E-state index in [1.807, 2.05) is 0 Å². The number of aromatic nitrogens is 1. The van der Waals surface area contributed by atoms with Crippen LogP contribution in [0.4, 0.5) is 5.69 Å². The highest BCUT2D eigenvalue weighted by Gasteiger charge is 2.18. The van der Waals surface area contributed by atoms with Crippen molar-refractivity contribution in [3.63, 3.8) is 0 Å². The van der Waals surface area contributed by atoms with Gasteiger partial charge < -0.3 is 9.47 Å². The van der Waals surface area contributed by atoms with Crippen LogP contribution in [0.3, 0.4) is 0 Å². The van der Waals surface area contributed by atoms with Gasteiger partial charge in [0.05, 0.1) is 11.5 Å². The number of nitro groups is 1. The lowest BCUT2D eigenvalue weighted by Gasteiger charge is -2.08. The first kappa shape index (κ1) is 15.7. The molecule has 2 aromatic rings. The summed E-state index contributed by atoms with van der Waals surface area (Å²) < 4.78 is 10.4. The van der Waals surface area contributed by atoms with Crippen LogP contribution in [-0.4, -0.2) is 22.5 Å². The second-order valence-electron chi connectivity index (χ2n) is 4.05. The van der Waals surface area contributed by atoms with Crippen LogP contribution >= 0.6 is 11.6 Å². The molecule has 1 aromatic heterocycles. The molecule has 0 bridgehead atoms. The zero-order valence-electron chi connectivity index (χ0n) is 11.5. The second kappa shape index (κ2) is 6.86. The summed E-state index contributed by atoms with van der Waals surface area (Å²) in [6.45, 7) is 2.11. The van der Waals surface area contributed by atoms with Crippen molar-refractivity contribution in [1.82, 2.24) is 4.98 Å². The molecule has 0 saturated carbocycles. The molecule has 0 unspecified atom stereocenters. The molecule has 0 aliphatic carbocycles. The van der Waals surface area contributed by atoms with Crippen molar-refractivity contribution in [1.29, 1.82) is 0 Å². The molecule has 1 aromatic carbocycles. The Hall–Kier alpha value is -2.67. The van der Waals surface area contributed by atoms with Gasteiger partial charge in [0.15, 0.2) is 0 Å². The molecule has 0 amide bonds. The number of rotatable bonds is 5. The lowest BCUT2D eigenvalue weighted by molar-refractivity contribution is -0.384. The minimum Gasteiger partial charge on any atom is -0.477 e. The Morgan fingerprint density at radius 2 is 2.18 bits per heavy atom. The van der Waals surface area contributed by atoms with E-state index in [2.05, 4.69) is 4.98 Å². The first-order valence-electron chi connectivity index (χ1n) is 6.27. The molecule has 0 radical (unpaired) electrons. The van der Waals surface area contributed by atoms with E-state index < -0.39 is 10.9 Å². The number of carbonyl (C=O) groups excluding carboxylic acids is 1. The highest BCUT2D eigenvalue weighted by atomic mass is 35.5. The largest absolute Gasteiger partial charge is 0.477 e. The Morgan fingerprint density at radius 3 is 2.82 bits per heavy atom. The Balaban J connectivity index is 2.22. The first-order valence-corrected chi connectivity index (χ1v) is 6.64. The number of nitro benzene ring substituents is 1. The fraction of sp³-hybridized carbons (Fsp3) is 0.143. The summed E-state index contributed by atoms with van der Waals surface area (Å²) in [4.78, 5) is 26.1. The fourth-order valence-corrected chi connectivity index (χ4v) is 1.90. The van der Waals surface area contributed by atoms with Gasteiger partial charge in [0.25, 0.3) is 5.69 Å². The predicted octanol–water partition coefficient (Wildman–Crippen LogP) is 3.26. The van der Waals surface area contributed by atoms with Crippen molar-refractivity contribution in [2.24, 2.45) is 0 Å². The van der Waals surface area contributed by atoms with Gasteiger partial charge in [-0.3, -0.25) is 10.1 Å². The Kier molecular flexibility index (Phi) is 4.90. The number of pyridine rings is 1. The SMILES string of the molecule is CCOc1ncccc1C(=O)Oc1ccc([N+](=O)[O-])c(Cl)c1. The van der Waals surface area contributed by atoms with Crippen LogP contribution in [0.2, 0.25) is 5.02 Å². The molecule has 0 N–H and O–H groups in total. The van der Waals surface area contributed by atoms with Crippen molar-refractivity contribution in [3.05, 3.63) is 57.2 Å². The predicted molar refractivity (Wildman–Crippen MR) is 78.5 cm³/mol. The monoisotopic (exact) mass is 322 g/mol. The molecule has 0 aliphatic heterocycles. The molecule has 0 aliphatic rings. The standard InChI is InChI=1S/C14H11ClN2O5/c1-2-21-13-10(4-3-7-16-13)14(18)22-9-5-6-12(17(19)20)11(15)8-9/h3-8H,2H2,1H3. The number of esters is 1. The summed E-state index contributed by atoms with van der Waals surface area (Å²) in [5.74, 6) is -0.448. The summed E-state index contributed by atoms with van der Waals surface area (Å²) in [5, 5.41) is 10.6. The minimum atomic E-state index is -0.693. The van der Waals surface area contributed by atoms with Gasteiger partial charge in [-0.1, -0.05) is 11.6 Å². The highest BCUT2D eigenvalue weighted by molar-refractivity contribution is 6.32. The summed E-state index contributed by atoms with van der Waals surface area (Å²) in [7, 11) is 0. The van der Waals surface area contributed by atoms with E-state index in [0.29, 0.717) is 6.61 Å². The van der Waals surface area contributed by atoms with Crippen molar-refractivity contribution >= 4 is 23.3 Å². The van der Waals surface area contributed by atoms with Crippen molar-refractivity contribution in [2.75, 3.05) is 6.61 Å². The zero-order valence-corrected chi connectivity index (χ0v) is 12.2. The normalized spacial score (nSPS) is 10.1. The van der Waals surface area contributed by atoms with Crippen LogP contribution in [0, 0.1) is 10.1 Å². The molecular formula is C14H11ClN2O5. The smallest absolute Gasteiger partial charge is 0.349 e. The zero-order chi connectivity index (χ0) is 16.1. The van der Waals surface area contributed by atoms with Crippen molar-refractivity contribution in [3.8, 4) is 11.6 Å². The van der Waals surface area contributed by atoms with Crippen LogP contribution in [0.1, 0.15) is 17.3 Å². The number of carbonyl (C=O) groups is 1. The van der Waals surface area contributed by atoms with E-state index in [4.69, 9.17) is 21.1 Å². The van der Waals surface area contributed by atoms with Crippen molar-refractivity contribution in [2.45, 2.75) is 6.92 Å². The minimum absolute atomic E-state index is 0.0897. The summed E-state index contributed by atoms with van der Waals surface area (Å²) in [5.41, 5.74) is -0.114. The molecule has 8 heteroatoms. The number of hydrogen-bond acceptors (Lipinski definition) is 6. The topological polar surface area (TPSA) is 91.6 Å². The third kappa shape index (κ3) is 3.50. The fourth-order valence-electron chi connectivity index (χ4n) is 1.66. The van der Waals surface area contributed by atoms with Gasteiger partial charge in [-0.15, -0.1) is 0 Å². The van der Waals surface area contributed by atoms with Gasteiger partial charge in [-0.05, 0) is 25.1 Å². The van der Waals surface area contributed by atoms with Crippen LogP contribution in [0.5, 0.6) is 11.6 Å². The third-order valence-electron chi connectivity index (χ3n) is 2.60. The number of benzene rings is 1. The first-order chi connectivity index (χ1) is 10.5. The van der Waals surface area contributed by atoms with Crippen LogP contribution in [0.25, 0.3) is 0 Å². The lowest BCUT2D eigenvalue weighted by atomic mass is 10.2.